The number of phosphoric acid groups is 1. The number of allylic oxidation sites excluding steroid dienone is 15. The number of aliphatic hydroxyl groups is 1. The molecule has 0 aliphatic rings. The van der Waals surface area contributed by atoms with E-state index in [0.717, 1.165) is 83.5 Å². The smallest absolute Gasteiger partial charge is 0.387 e. The van der Waals surface area contributed by atoms with E-state index >= 15 is 0 Å². The number of nitrogens with one attached hydrogen (secondary N) is 1. The van der Waals surface area contributed by atoms with Gasteiger partial charge in [-0.25, -0.2) is 4.57 Å². The third-order valence-electron chi connectivity index (χ3n) is 16.1. The third-order valence-corrected chi connectivity index (χ3v) is 17.0. The molecule has 0 bridgehead atoms. The lowest BCUT2D eigenvalue weighted by molar-refractivity contribution is -0.870. The molecule has 494 valence electrons. The highest BCUT2D eigenvalue weighted by molar-refractivity contribution is 7.47. The first-order chi connectivity index (χ1) is 41.5. The summed E-state index contributed by atoms with van der Waals surface area (Å²) in [4.78, 5) is 23.4. The van der Waals surface area contributed by atoms with Gasteiger partial charge in [0.15, 0.2) is 0 Å². The van der Waals surface area contributed by atoms with E-state index in [1.54, 1.807) is 6.08 Å². The summed E-state index contributed by atoms with van der Waals surface area (Å²) in [5.74, 6) is -0.176. The molecule has 0 rings (SSSR count). The van der Waals surface area contributed by atoms with E-state index in [0.29, 0.717) is 17.4 Å². The van der Waals surface area contributed by atoms with E-state index in [9.17, 15) is 19.4 Å². The molecule has 0 aromatic rings. The second kappa shape index (κ2) is 65.9. The molecule has 0 radical (unpaired) electrons. The van der Waals surface area contributed by atoms with Gasteiger partial charge in [-0.15, -0.1) is 0 Å². The van der Waals surface area contributed by atoms with Gasteiger partial charge < -0.3 is 19.8 Å². The summed E-state index contributed by atoms with van der Waals surface area (Å²) < 4.78 is 23.8. The molecule has 0 saturated carbocycles. The van der Waals surface area contributed by atoms with Gasteiger partial charge in [-0.3, -0.25) is 13.8 Å². The van der Waals surface area contributed by atoms with Crippen LogP contribution in [0.25, 0.3) is 0 Å². The number of likely N-dealkylation sites (N-methyl/N-ethyl adjacent to an activating group) is 1. The fourth-order valence-electron chi connectivity index (χ4n) is 10.5. The van der Waals surface area contributed by atoms with E-state index < -0.39 is 20.0 Å². The minimum atomic E-state index is -4.36. The van der Waals surface area contributed by atoms with E-state index in [2.05, 4.69) is 104 Å². The second-order valence-corrected chi connectivity index (χ2v) is 27.0. The fourth-order valence-corrected chi connectivity index (χ4v) is 11.2. The Bertz CT molecular complexity index is 1710. The number of hydrogen-bond donors (Lipinski definition) is 3. The number of carbonyl (C=O) groups is 1. The van der Waals surface area contributed by atoms with E-state index in [-0.39, 0.29) is 19.1 Å². The molecule has 0 fully saturated rings. The maximum absolute atomic E-state index is 13.1. The lowest BCUT2D eigenvalue weighted by Gasteiger charge is -2.25. The summed E-state index contributed by atoms with van der Waals surface area (Å²) in [7, 11) is 1.58. The molecular formula is C76H140N2O6P+. The highest BCUT2D eigenvalue weighted by Gasteiger charge is 2.28. The largest absolute Gasteiger partial charge is 0.472 e. The molecule has 0 aliphatic heterocycles. The number of phosphoric ester groups is 1. The Morgan fingerprint density at radius 3 is 1.04 bits per heavy atom. The Labute approximate surface area is 528 Å². The van der Waals surface area contributed by atoms with Crippen molar-refractivity contribution in [2.45, 2.75) is 341 Å². The molecule has 3 N–H and O–H groups in total. The highest BCUT2D eigenvalue weighted by atomic mass is 31.2. The topological polar surface area (TPSA) is 105 Å². The van der Waals surface area contributed by atoms with Crippen LogP contribution in [0.15, 0.2) is 97.2 Å². The van der Waals surface area contributed by atoms with Crippen molar-refractivity contribution < 1.29 is 32.9 Å². The van der Waals surface area contributed by atoms with Crippen molar-refractivity contribution in [3.63, 3.8) is 0 Å². The molecule has 8 nitrogen and oxygen atoms in total. The second-order valence-electron chi connectivity index (χ2n) is 25.6. The van der Waals surface area contributed by atoms with Gasteiger partial charge in [0.2, 0.25) is 5.91 Å². The molecule has 1 amide bonds. The van der Waals surface area contributed by atoms with Gasteiger partial charge in [-0.2, -0.15) is 0 Å². The Morgan fingerprint density at radius 2 is 0.706 bits per heavy atom. The Hall–Kier alpha value is -2.58. The van der Waals surface area contributed by atoms with Crippen molar-refractivity contribution in [1.82, 2.24) is 5.32 Å². The molecule has 0 aliphatic carbocycles. The van der Waals surface area contributed by atoms with Crippen LogP contribution >= 0.6 is 7.82 Å². The Morgan fingerprint density at radius 1 is 0.412 bits per heavy atom. The molecule has 0 aromatic carbocycles. The monoisotopic (exact) mass is 1210 g/mol. The molecule has 9 heteroatoms. The summed E-state index contributed by atoms with van der Waals surface area (Å²) in [6.07, 6.45) is 95.5. The number of nitrogens with zero attached hydrogens (tertiary/aromatic N) is 1. The van der Waals surface area contributed by atoms with Gasteiger partial charge in [0.05, 0.1) is 39.9 Å². The van der Waals surface area contributed by atoms with Crippen molar-refractivity contribution >= 4 is 13.7 Å². The SMILES string of the molecule is CC/C=C\C/C=C\C/C=C\C/C=C\C/C=C\C/C=C\C/C=C\CCCCCCCCCCCCCCCCCC(=O)NC(COP(=O)(O)OCC[N+](C)(C)C)C(O)/C=C/CCCCCCCCCCCCCCCCCCCCCCCCCC. The van der Waals surface area contributed by atoms with E-state index in [4.69, 9.17) is 9.05 Å². The van der Waals surface area contributed by atoms with Crippen LogP contribution in [0.4, 0.5) is 0 Å². The zero-order chi connectivity index (χ0) is 61.9. The summed E-state index contributed by atoms with van der Waals surface area (Å²) in [5, 5.41) is 14.0. The molecule has 3 atom stereocenters. The van der Waals surface area contributed by atoms with Crippen LogP contribution in [-0.2, 0) is 18.4 Å². The average molecular weight is 1210 g/mol. The van der Waals surface area contributed by atoms with Crippen molar-refractivity contribution in [1.29, 1.82) is 0 Å². The summed E-state index contributed by atoms with van der Waals surface area (Å²) in [6, 6.07) is -0.853. The normalized spacial score (nSPS) is 14.2. The number of quaternary nitrogens is 1. The van der Waals surface area contributed by atoms with Crippen LogP contribution in [0.2, 0.25) is 0 Å². The van der Waals surface area contributed by atoms with E-state index in [1.165, 1.54) is 225 Å². The van der Waals surface area contributed by atoms with Crippen LogP contribution in [0.5, 0.6) is 0 Å². The van der Waals surface area contributed by atoms with Crippen LogP contribution in [0.3, 0.4) is 0 Å². The van der Waals surface area contributed by atoms with Gasteiger partial charge in [0, 0.05) is 6.42 Å². The van der Waals surface area contributed by atoms with Crippen LogP contribution in [0.1, 0.15) is 328 Å². The first-order valence-corrected chi connectivity index (χ1v) is 37.6. The molecule has 0 spiro atoms. The van der Waals surface area contributed by atoms with Crippen molar-refractivity contribution in [3.8, 4) is 0 Å². The minimum absolute atomic E-state index is 0.0595. The van der Waals surface area contributed by atoms with Gasteiger partial charge in [0.25, 0.3) is 0 Å². The number of rotatable bonds is 66. The summed E-state index contributed by atoms with van der Waals surface area (Å²) >= 11 is 0. The van der Waals surface area contributed by atoms with E-state index in [1.807, 2.05) is 27.2 Å². The maximum atomic E-state index is 13.1. The first kappa shape index (κ1) is 82.4. The molecule has 0 saturated heterocycles. The minimum Gasteiger partial charge on any atom is -0.387 e. The van der Waals surface area contributed by atoms with Crippen molar-refractivity contribution in [2.75, 3.05) is 40.9 Å². The standard InChI is InChI=1S/C76H139N2O6P/c1-6-8-10-12-14-16-18-20-22-24-26-28-30-32-34-35-36-37-38-39-40-41-42-43-44-46-48-50-52-54-56-58-60-62-64-66-68-70-76(80)77-74(73-84-85(81,82)83-72-71-78(3,4)5)75(79)69-67-65-63-61-59-57-55-53-51-49-47-45-33-31-29-27-25-23-21-19-17-15-13-11-9-7-2/h8,10,14,16,20,22,26,28,32,34,36-37,39-40,67,69,74-75,79H,6-7,9,11-13,15,17-19,21,23-25,27,29-31,33,35,38,41-66,68,70-73H2,1-5H3,(H-,77,80,81,82)/p+1/b10-8-,16-14-,22-20-,28-26-,34-32-,37-36-,40-39-,69-67+. The van der Waals surface area contributed by atoms with Crippen molar-refractivity contribution in [3.05, 3.63) is 97.2 Å². The molecule has 0 aromatic heterocycles. The zero-order valence-corrected chi connectivity index (χ0v) is 57.5. The summed E-state index contributed by atoms with van der Waals surface area (Å²) in [5.41, 5.74) is 0. The summed E-state index contributed by atoms with van der Waals surface area (Å²) in [6.45, 7) is 4.74. The predicted molar refractivity (Wildman–Crippen MR) is 373 cm³/mol. The number of unbranched alkanes of at least 4 members (excludes halogenated alkanes) is 39. The third kappa shape index (κ3) is 68.8. The predicted octanol–water partition coefficient (Wildman–Crippen LogP) is 23.3. The molecular weight excluding hydrogens is 1070 g/mol. The van der Waals surface area contributed by atoms with Crippen LogP contribution in [-0.4, -0.2) is 73.4 Å². The fraction of sp³-hybridized carbons (Fsp3) is 0.776. The van der Waals surface area contributed by atoms with Gasteiger partial charge in [-0.05, 0) is 77.0 Å². The maximum Gasteiger partial charge on any atom is 0.472 e. The zero-order valence-electron chi connectivity index (χ0n) is 56.6. The lowest BCUT2D eigenvalue weighted by Crippen LogP contribution is -2.45. The molecule has 0 heterocycles. The van der Waals surface area contributed by atoms with Gasteiger partial charge in [0.1, 0.15) is 13.2 Å². The van der Waals surface area contributed by atoms with Crippen LogP contribution in [0, 0.1) is 0 Å². The number of hydrogen-bond acceptors (Lipinski definition) is 5. The quantitative estimate of drug-likeness (QED) is 0.0243. The Balaban J connectivity index is 4.06. The number of aliphatic hydroxyl groups excluding tert-OH is 1. The average Bonchev–Trinajstić information content (AvgIpc) is 3.49. The Kier molecular flexibility index (Phi) is 63.9. The van der Waals surface area contributed by atoms with Gasteiger partial charge >= 0.3 is 7.82 Å². The highest BCUT2D eigenvalue weighted by Crippen LogP contribution is 2.43. The van der Waals surface area contributed by atoms with Crippen molar-refractivity contribution in [2.24, 2.45) is 0 Å². The first-order valence-electron chi connectivity index (χ1n) is 36.1. The number of amides is 1. The number of carbonyl (C=O) groups excluding carboxylic acids is 1. The molecule has 85 heavy (non-hydrogen) atoms. The lowest BCUT2D eigenvalue weighted by atomic mass is 10.0. The molecule has 3 unspecified atom stereocenters. The van der Waals surface area contributed by atoms with Crippen LogP contribution < -0.4 is 5.32 Å². The van der Waals surface area contributed by atoms with Gasteiger partial charge in [-0.1, -0.05) is 342 Å².